The molecule has 1 rings (SSSR count). The standard InChI is InChI=1S/C24H35FN2O5/c1-16(2)12-18(21(28)27-20(22(29)31-6)24(3,4)5)13-19(25)14-26-23(30)32-15-17-10-8-7-9-11-17/h7-11,13,16,18,20H,12,14-15H2,1-6H3,(H,26,30)(H,27,28)/b19-13-/t18-,20?/m1/s1. The van der Waals surface area contributed by atoms with E-state index in [1.165, 1.54) is 13.2 Å². The van der Waals surface area contributed by atoms with Crippen LogP contribution in [0.3, 0.4) is 0 Å². The minimum absolute atomic E-state index is 0.0676. The molecule has 178 valence electrons. The Hall–Kier alpha value is -2.90. The Balaban J connectivity index is 2.75. The first-order valence-electron chi connectivity index (χ1n) is 10.6. The van der Waals surface area contributed by atoms with E-state index >= 15 is 0 Å². The number of amides is 2. The lowest BCUT2D eigenvalue weighted by atomic mass is 9.86. The SMILES string of the molecule is COC(=O)C(NC(=O)[C@@H](/C=C(\F)CNC(=O)OCc1ccccc1)CC(C)C)C(C)(C)C. The minimum Gasteiger partial charge on any atom is -0.467 e. The molecular formula is C24H35FN2O5. The van der Waals surface area contributed by atoms with Gasteiger partial charge in [-0.1, -0.05) is 65.0 Å². The highest BCUT2D eigenvalue weighted by atomic mass is 19.1. The molecule has 0 fully saturated rings. The highest BCUT2D eigenvalue weighted by Crippen LogP contribution is 2.22. The molecule has 1 aromatic rings. The van der Waals surface area contributed by atoms with Crippen LogP contribution >= 0.6 is 0 Å². The van der Waals surface area contributed by atoms with Gasteiger partial charge in [0.2, 0.25) is 5.91 Å². The molecule has 7 nitrogen and oxygen atoms in total. The highest BCUT2D eigenvalue weighted by Gasteiger charge is 2.35. The van der Waals surface area contributed by atoms with Gasteiger partial charge < -0.3 is 20.1 Å². The van der Waals surface area contributed by atoms with Crippen LogP contribution in [0.5, 0.6) is 0 Å². The van der Waals surface area contributed by atoms with Gasteiger partial charge in [0, 0.05) is 0 Å². The van der Waals surface area contributed by atoms with Gasteiger partial charge in [0.1, 0.15) is 18.5 Å². The summed E-state index contributed by atoms with van der Waals surface area (Å²) in [7, 11) is 1.25. The second kappa shape index (κ2) is 12.8. The molecule has 0 heterocycles. The Morgan fingerprint density at radius 1 is 1.12 bits per heavy atom. The normalized spacial score (nSPS) is 13.8. The van der Waals surface area contributed by atoms with Crippen LogP contribution < -0.4 is 10.6 Å². The molecular weight excluding hydrogens is 415 g/mol. The topological polar surface area (TPSA) is 93.7 Å². The molecule has 0 bridgehead atoms. The van der Waals surface area contributed by atoms with E-state index in [0.29, 0.717) is 6.42 Å². The smallest absolute Gasteiger partial charge is 0.407 e. The Bertz CT molecular complexity index is 787. The molecule has 2 amide bonds. The first kappa shape index (κ1) is 27.1. The van der Waals surface area contributed by atoms with Gasteiger partial charge in [-0.05, 0) is 29.4 Å². The van der Waals surface area contributed by atoms with Crippen LogP contribution in [0.15, 0.2) is 42.2 Å². The van der Waals surface area contributed by atoms with Crippen LogP contribution in [0.25, 0.3) is 0 Å². The molecule has 0 spiro atoms. The van der Waals surface area contributed by atoms with Crippen molar-refractivity contribution in [1.29, 1.82) is 0 Å². The van der Waals surface area contributed by atoms with E-state index in [2.05, 4.69) is 10.6 Å². The third-order valence-corrected chi connectivity index (χ3v) is 4.65. The number of ether oxygens (including phenoxy) is 2. The number of carbonyl (C=O) groups excluding carboxylic acids is 3. The monoisotopic (exact) mass is 450 g/mol. The molecule has 1 aromatic carbocycles. The Morgan fingerprint density at radius 3 is 2.28 bits per heavy atom. The summed E-state index contributed by atoms with van der Waals surface area (Å²) in [6.45, 7) is 8.88. The van der Waals surface area contributed by atoms with Crippen molar-refractivity contribution in [1.82, 2.24) is 10.6 Å². The van der Waals surface area contributed by atoms with E-state index in [1.54, 1.807) is 20.8 Å². The molecule has 8 heteroatoms. The summed E-state index contributed by atoms with van der Waals surface area (Å²) >= 11 is 0. The summed E-state index contributed by atoms with van der Waals surface area (Å²) in [5, 5.41) is 5.02. The molecule has 2 atom stereocenters. The maximum atomic E-state index is 14.5. The van der Waals surface area contributed by atoms with Gasteiger partial charge in [0.25, 0.3) is 0 Å². The van der Waals surface area contributed by atoms with Crippen molar-refractivity contribution < 1.29 is 28.2 Å². The van der Waals surface area contributed by atoms with Crippen LogP contribution in [0, 0.1) is 17.3 Å². The van der Waals surface area contributed by atoms with Gasteiger partial charge in [0.15, 0.2) is 0 Å². The average Bonchev–Trinajstić information content (AvgIpc) is 2.73. The molecule has 0 aliphatic rings. The van der Waals surface area contributed by atoms with Crippen LogP contribution in [0.1, 0.15) is 46.6 Å². The number of alkyl carbamates (subject to hydrolysis) is 1. The van der Waals surface area contributed by atoms with Crippen LogP contribution in [0.4, 0.5) is 9.18 Å². The molecule has 0 saturated heterocycles. The van der Waals surface area contributed by atoms with Crippen LogP contribution in [-0.4, -0.2) is 37.7 Å². The summed E-state index contributed by atoms with van der Waals surface area (Å²) in [6.07, 6.45) is 0.778. The highest BCUT2D eigenvalue weighted by molar-refractivity contribution is 5.87. The maximum Gasteiger partial charge on any atom is 0.407 e. The Kier molecular flexibility index (Phi) is 10.9. The number of hydrogen-bond acceptors (Lipinski definition) is 5. The first-order valence-corrected chi connectivity index (χ1v) is 10.6. The van der Waals surface area contributed by atoms with E-state index in [1.807, 2.05) is 44.2 Å². The Labute approximate surface area is 189 Å². The molecule has 1 unspecified atom stereocenters. The lowest BCUT2D eigenvalue weighted by molar-refractivity contribution is -0.148. The molecule has 0 aliphatic heterocycles. The lowest BCUT2D eigenvalue weighted by Gasteiger charge is -2.30. The predicted octanol–water partition coefficient (Wildman–Crippen LogP) is 4.13. The fourth-order valence-electron chi connectivity index (χ4n) is 2.96. The van der Waals surface area contributed by atoms with E-state index in [9.17, 15) is 18.8 Å². The zero-order valence-electron chi connectivity index (χ0n) is 19.7. The quantitative estimate of drug-likeness (QED) is 0.523. The summed E-state index contributed by atoms with van der Waals surface area (Å²) in [5.41, 5.74) is 0.226. The van der Waals surface area contributed by atoms with Gasteiger partial charge in [-0.25, -0.2) is 14.0 Å². The maximum absolute atomic E-state index is 14.5. The zero-order chi connectivity index (χ0) is 24.3. The number of hydrogen-bond donors (Lipinski definition) is 2. The fourth-order valence-corrected chi connectivity index (χ4v) is 2.96. The zero-order valence-corrected chi connectivity index (χ0v) is 19.7. The predicted molar refractivity (Wildman–Crippen MR) is 120 cm³/mol. The van der Waals surface area contributed by atoms with Crippen molar-refractivity contribution in [2.45, 2.75) is 53.7 Å². The van der Waals surface area contributed by atoms with Crippen LogP contribution in [0.2, 0.25) is 0 Å². The number of carbonyl (C=O) groups is 3. The van der Waals surface area contributed by atoms with Crippen molar-refractivity contribution in [3.05, 3.63) is 47.8 Å². The van der Waals surface area contributed by atoms with Crippen molar-refractivity contribution in [2.75, 3.05) is 13.7 Å². The molecule has 0 aliphatic carbocycles. The molecule has 0 saturated carbocycles. The van der Waals surface area contributed by atoms with Crippen molar-refractivity contribution in [3.63, 3.8) is 0 Å². The Morgan fingerprint density at radius 2 is 1.75 bits per heavy atom. The van der Waals surface area contributed by atoms with Gasteiger partial charge >= 0.3 is 12.1 Å². The summed E-state index contributed by atoms with van der Waals surface area (Å²) < 4.78 is 24.3. The van der Waals surface area contributed by atoms with Gasteiger partial charge in [-0.2, -0.15) is 0 Å². The third kappa shape index (κ3) is 9.94. The summed E-state index contributed by atoms with van der Waals surface area (Å²) in [4.78, 5) is 36.8. The van der Waals surface area contributed by atoms with Gasteiger partial charge in [-0.3, -0.25) is 4.79 Å². The van der Waals surface area contributed by atoms with Gasteiger partial charge in [-0.15, -0.1) is 0 Å². The van der Waals surface area contributed by atoms with Crippen molar-refractivity contribution >= 4 is 18.0 Å². The number of nitrogens with one attached hydrogen (secondary N) is 2. The number of rotatable bonds is 10. The second-order valence-corrected chi connectivity index (χ2v) is 9.10. The first-order chi connectivity index (χ1) is 14.9. The number of esters is 1. The van der Waals surface area contributed by atoms with Crippen molar-refractivity contribution in [3.8, 4) is 0 Å². The minimum atomic E-state index is -0.878. The number of benzene rings is 1. The van der Waals surface area contributed by atoms with E-state index in [4.69, 9.17) is 9.47 Å². The van der Waals surface area contributed by atoms with Crippen molar-refractivity contribution in [2.24, 2.45) is 17.3 Å². The van der Waals surface area contributed by atoms with Gasteiger partial charge in [0.05, 0.1) is 19.6 Å². The second-order valence-electron chi connectivity index (χ2n) is 9.10. The number of methoxy groups -OCH3 is 1. The number of halogens is 1. The third-order valence-electron chi connectivity index (χ3n) is 4.65. The largest absolute Gasteiger partial charge is 0.467 e. The fraction of sp³-hybridized carbons (Fsp3) is 0.542. The summed E-state index contributed by atoms with van der Waals surface area (Å²) in [5.74, 6) is -2.43. The molecule has 0 aromatic heterocycles. The average molecular weight is 451 g/mol. The van der Waals surface area contributed by atoms with E-state index in [-0.39, 0.29) is 12.5 Å². The molecule has 0 radical (unpaired) electrons. The lowest BCUT2D eigenvalue weighted by Crippen LogP contribution is -2.51. The van der Waals surface area contributed by atoms with Crippen LogP contribution in [-0.2, 0) is 25.7 Å². The van der Waals surface area contributed by atoms with E-state index < -0.39 is 47.7 Å². The molecule has 32 heavy (non-hydrogen) atoms. The summed E-state index contributed by atoms with van der Waals surface area (Å²) in [6, 6.07) is 8.23. The van der Waals surface area contributed by atoms with E-state index in [0.717, 1.165) is 5.56 Å². The molecule has 2 N–H and O–H groups in total.